The van der Waals surface area contributed by atoms with Gasteiger partial charge in [0.1, 0.15) is 0 Å². The highest BCUT2D eigenvalue weighted by molar-refractivity contribution is 14.1. The molecule has 0 saturated carbocycles. The number of cyclic esters (lactones) is 1. The Balaban J connectivity index is 1.55. The zero-order valence-electron chi connectivity index (χ0n) is 16.8. The molecular formula is C24H20INO5. The van der Waals surface area contributed by atoms with Crippen LogP contribution in [0.1, 0.15) is 23.8 Å². The van der Waals surface area contributed by atoms with Gasteiger partial charge in [0.2, 0.25) is 0 Å². The Morgan fingerprint density at radius 1 is 1.10 bits per heavy atom. The molecule has 0 radical (unpaired) electrons. The quantitative estimate of drug-likeness (QED) is 0.227. The van der Waals surface area contributed by atoms with Gasteiger partial charge >= 0.3 is 5.97 Å². The Labute approximate surface area is 193 Å². The average Bonchev–Trinajstić information content (AvgIpc) is 3.41. The predicted octanol–water partition coefficient (Wildman–Crippen LogP) is 5.25. The van der Waals surface area contributed by atoms with Gasteiger partial charge < -0.3 is 18.6 Å². The van der Waals surface area contributed by atoms with Crippen molar-refractivity contribution in [3.8, 4) is 11.5 Å². The van der Waals surface area contributed by atoms with Gasteiger partial charge in [-0.05, 0) is 71.0 Å². The lowest BCUT2D eigenvalue weighted by atomic mass is 10.1. The molecule has 0 fully saturated rings. The third-order valence-electron chi connectivity index (χ3n) is 4.47. The molecule has 0 saturated heterocycles. The molecular weight excluding hydrogens is 509 g/mol. The van der Waals surface area contributed by atoms with Gasteiger partial charge in [0.25, 0.3) is 5.90 Å². The van der Waals surface area contributed by atoms with E-state index < -0.39 is 5.97 Å². The van der Waals surface area contributed by atoms with Crippen molar-refractivity contribution < 1.29 is 23.4 Å². The van der Waals surface area contributed by atoms with Crippen molar-refractivity contribution in [3.05, 3.63) is 87.0 Å². The first-order valence-electron chi connectivity index (χ1n) is 9.83. The maximum atomic E-state index is 12.2. The number of rotatable bonds is 8. The highest BCUT2D eigenvalue weighted by Crippen LogP contribution is 2.35. The van der Waals surface area contributed by atoms with Gasteiger partial charge in [-0.25, -0.2) is 9.79 Å². The minimum atomic E-state index is -0.525. The molecule has 158 valence electrons. The third kappa shape index (κ3) is 5.16. The van der Waals surface area contributed by atoms with Gasteiger partial charge in [-0.1, -0.05) is 30.3 Å². The van der Waals surface area contributed by atoms with E-state index in [9.17, 15) is 4.79 Å². The van der Waals surface area contributed by atoms with Crippen LogP contribution in [0.2, 0.25) is 0 Å². The van der Waals surface area contributed by atoms with Crippen LogP contribution in [0.15, 0.2) is 76.0 Å². The summed E-state index contributed by atoms with van der Waals surface area (Å²) in [4.78, 5) is 16.5. The topological polar surface area (TPSA) is 70.3 Å². The summed E-state index contributed by atoms with van der Waals surface area (Å²) in [7, 11) is 0. The largest absolute Gasteiger partial charge is 0.490 e. The Morgan fingerprint density at radius 2 is 1.94 bits per heavy atom. The van der Waals surface area contributed by atoms with Crippen molar-refractivity contribution >= 4 is 40.5 Å². The molecule has 4 rings (SSSR count). The molecule has 2 aromatic carbocycles. The third-order valence-corrected chi connectivity index (χ3v) is 5.27. The fraction of sp³-hybridized carbons (Fsp3) is 0.167. The average molecular weight is 529 g/mol. The van der Waals surface area contributed by atoms with Crippen LogP contribution in [0.25, 0.3) is 6.08 Å². The number of furan rings is 1. The molecule has 31 heavy (non-hydrogen) atoms. The van der Waals surface area contributed by atoms with Gasteiger partial charge in [0.05, 0.1) is 23.0 Å². The second-order valence-electron chi connectivity index (χ2n) is 6.66. The zero-order chi connectivity index (χ0) is 21.6. The monoisotopic (exact) mass is 529 g/mol. The van der Waals surface area contributed by atoms with Crippen molar-refractivity contribution in [2.45, 2.75) is 13.3 Å². The molecule has 7 heteroatoms. The number of halogens is 1. The fourth-order valence-electron chi connectivity index (χ4n) is 3.06. The molecule has 1 aliphatic rings. The normalized spacial score (nSPS) is 14.5. The maximum Gasteiger partial charge on any atom is 0.363 e. The summed E-state index contributed by atoms with van der Waals surface area (Å²) in [5, 5.41) is 0. The minimum absolute atomic E-state index is 0.154. The van der Waals surface area contributed by atoms with E-state index in [0.29, 0.717) is 30.5 Å². The van der Waals surface area contributed by atoms with Crippen LogP contribution < -0.4 is 9.47 Å². The van der Waals surface area contributed by atoms with Gasteiger partial charge in [0, 0.05) is 6.42 Å². The van der Waals surface area contributed by atoms with E-state index in [1.165, 1.54) is 11.8 Å². The van der Waals surface area contributed by atoms with Crippen molar-refractivity contribution in [1.82, 2.24) is 0 Å². The molecule has 0 bridgehead atoms. The molecule has 0 amide bonds. The SMILES string of the molecule is CCOc1cc(/C=C2\N=C(c3ccco3)OC2=O)cc(I)c1OCCc1ccccc1. The van der Waals surface area contributed by atoms with Crippen LogP contribution in [-0.4, -0.2) is 25.1 Å². The van der Waals surface area contributed by atoms with Crippen LogP contribution >= 0.6 is 22.6 Å². The number of aliphatic imine (C=N–C) groups is 1. The van der Waals surface area contributed by atoms with Gasteiger partial charge in [-0.15, -0.1) is 0 Å². The maximum absolute atomic E-state index is 12.2. The number of carbonyl (C=O) groups excluding carboxylic acids is 1. The van der Waals surface area contributed by atoms with Crippen LogP contribution in [-0.2, 0) is 16.0 Å². The van der Waals surface area contributed by atoms with Crippen molar-refractivity contribution in [2.24, 2.45) is 4.99 Å². The van der Waals surface area contributed by atoms with E-state index in [1.54, 1.807) is 18.2 Å². The summed E-state index contributed by atoms with van der Waals surface area (Å²) in [5.74, 6) is 1.35. The molecule has 0 N–H and O–H groups in total. The summed E-state index contributed by atoms with van der Waals surface area (Å²) in [6.07, 6.45) is 3.96. The molecule has 2 heterocycles. The van der Waals surface area contributed by atoms with E-state index in [2.05, 4.69) is 39.7 Å². The summed E-state index contributed by atoms with van der Waals surface area (Å²) >= 11 is 2.21. The highest BCUT2D eigenvalue weighted by Gasteiger charge is 2.26. The van der Waals surface area contributed by atoms with Gasteiger partial charge in [0.15, 0.2) is 23.0 Å². The van der Waals surface area contributed by atoms with Crippen molar-refractivity contribution in [3.63, 3.8) is 0 Å². The summed E-state index contributed by atoms with van der Waals surface area (Å²) in [6, 6.07) is 17.3. The predicted molar refractivity (Wildman–Crippen MR) is 125 cm³/mol. The summed E-state index contributed by atoms with van der Waals surface area (Å²) in [5.41, 5.74) is 2.17. The Morgan fingerprint density at radius 3 is 2.68 bits per heavy atom. The van der Waals surface area contributed by atoms with E-state index in [0.717, 1.165) is 15.6 Å². The van der Waals surface area contributed by atoms with Crippen LogP contribution in [0.3, 0.4) is 0 Å². The number of benzene rings is 2. The number of hydrogen-bond acceptors (Lipinski definition) is 6. The number of esters is 1. The highest BCUT2D eigenvalue weighted by atomic mass is 127. The molecule has 0 aliphatic carbocycles. The van der Waals surface area contributed by atoms with Crippen LogP contribution in [0, 0.1) is 3.57 Å². The van der Waals surface area contributed by atoms with Crippen LogP contribution in [0.5, 0.6) is 11.5 Å². The fourth-order valence-corrected chi connectivity index (χ4v) is 3.84. The van der Waals surface area contributed by atoms with E-state index in [-0.39, 0.29) is 11.6 Å². The van der Waals surface area contributed by atoms with E-state index in [4.69, 9.17) is 18.6 Å². The number of carbonyl (C=O) groups is 1. The van der Waals surface area contributed by atoms with Gasteiger partial charge in [-0.2, -0.15) is 0 Å². The number of nitrogens with zero attached hydrogens (tertiary/aromatic N) is 1. The van der Waals surface area contributed by atoms with Gasteiger partial charge in [-0.3, -0.25) is 0 Å². The molecule has 1 aromatic heterocycles. The summed E-state index contributed by atoms with van der Waals surface area (Å²) in [6.45, 7) is 2.94. The van der Waals surface area contributed by atoms with Crippen molar-refractivity contribution in [1.29, 1.82) is 0 Å². The van der Waals surface area contributed by atoms with Crippen LogP contribution in [0.4, 0.5) is 0 Å². The second-order valence-corrected chi connectivity index (χ2v) is 7.82. The number of hydrogen-bond donors (Lipinski definition) is 0. The van der Waals surface area contributed by atoms with E-state index >= 15 is 0 Å². The Kier molecular flexibility index (Phi) is 6.71. The molecule has 0 spiro atoms. The molecule has 3 aromatic rings. The van der Waals surface area contributed by atoms with Crippen molar-refractivity contribution in [2.75, 3.05) is 13.2 Å². The lowest BCUT2D eigenvalue weighted by molar-refractivity contribution is -0.130. The smallest absolute Gasteiger partial charge is 0.363 e. The standard InChI is InChI=1S/C24H20INO5/c1-2-28-21-15-17(14-19-24(27)31-23(26-19)20-9-6-11-29-20)13-18(25)22(21)30-12-10-16-7-4-3-5-8-16/h3-9,11,13-15H,2,10,12H2,1H3/b19-14-. The number of ether oxygens (including phenoxy) is 3. The minimum Gasteiger partial charge on any atom is -0.490 e. The first-order chi connectivity index (χ1) is 15.1. The Bertz CT molecular complexity index is 1120. The first kappa shape index (κ1) is 21.2. The first-order valence-corrected chi connectivity index (χ1v) is 10.9. The molecule has 0 atom stereocenters. The lowest BCUT2D eigenvalue weighted by Crippen LogP contribution is -2.05. The summed E-state index contributed by atoms with van der Waals surface area (Å²) < 4.78 is 23.2. The lowest BCUT2D eigenvalue weighted by Gasteiger charge is -2.15. The molecule has 6 nitrogen and oxygen atoms in total. The zero-order valence-corrected chi connectivity index (χ0v) is 19.0. The van der Waals surface area contributed by atoms with E-state index in [1.807, 2.05) is 37.3 Å². The Hall–Kier alpha value is -3.07. The second kappa shape index (κ2) is 9.82. The molecule has 0 unspecified atom stereocenters. The molecule has 1 aliphatic heterocycles.